The van der Waals surface area contributed by atoms with Crippen LogP contribution in [0.5, 0.6) is 0 Å². The smallest absolute Gasteiger partial charge is 0.0182 e. The molecule has 2 rings (SSSR count). The van der Waals surface area contributed by atoms with Crippen molar-refractivity contribution in [1.82, 2.24) is 5.32 Å². The van der Waals surface area contributed by atoms with E-state index in [2.05, 4.69) is 50.5 Å². The molecule has 1 saturated carbocycles. The highest BCUT2D eigenvalue weighted by molar-refractivity contribution is 7.10. The number of hydrogen-bond acceptors (Lipinski definition) is 2. The molecule has 0 radical (unpaired) electrons. The van der Waals surface area contributed by atoms with Gasteiger partial charge in [-0.3, -0.25) is 0 Å². The summed E-state index contributed by atoms with van der Waals surface area (Å²) >= 11 is 1.94. The number of rotatable bonds is 6. The maximum absolute atomic E-state index is 3.67. The Balaban J connectivity index is 2.12. The maximum atomic E-state index is 3.67. The van der Waals surface area contributed by atoms with Crippen molar-refractivity contribution in [3.63, 3.8) is 0 Å². The second-order valence-electron chi connectivity index (χ2n) is 6.35. The van der Waals surface area contributed by atoms with Gasteiger partial charge in [-0.2, -0.15) is 0 Å². The fraction of sp³-hybridized carbons (Fsp3) is 0.750. The van der Waals surface area contributed by atoms with Gasteiger partial charge in [0.1, 0.15) is 0 Å². The molecule has 0 spiro atoms. The van der Waals surface area contributed by atoms with Crippen molar-refractivity contribution in [3.05, 3.63) is 22.4 Å². The average molecular weight is 265 g/mol. The number of nitrogens with one attached hydrogen (secondary N) is 1. The lowest BCUT2D eigenvalue weighted by molar-refractivity contribution is 0.0141. The van der Waals surface area contributed by atoms with Gasteiger partial charge < -0.3 is 5.32 Å². The molecule has 1 aliphatic carbocycles. The summed E-state index contributed by atoms with van der Waals surface area (Å²) in [5, 5.41) is 5.90. The first-order valence-corrected chi connectivity index (χ1v) is 8.21. The molecule has 0 saturated heterocycles. The van der Waals surface area contributed by atoms with Gasteiger partial charge in [-0.25, -0.2) is 0 Å². The number of hydrogen-bond donors (Lipinski definition) is 1. The zero-order valence-electron chi connectivity index (χ0n) is 12.3. The molecule has 0 aliphatic heterocycles. The Labute approximate surface area is 116 Å². The van der Waals surface area contributed by atoms with E-state index in [1.54, 1.807) is 4.88 Å². The molecule has 0 aromatic carbocycles. The minimum atomic E-state index is 0.421. The molecule has 0 bridgehead atoms. The molecule has 0 unspecified atom stereocenters. The minimum Gasteiger partial charge on any atom is -0.314 e. The van der Waals surface area contributed by atoms with E-state index in [-0.39, 0.29) is 0 Å². The van der Waals surface area contributed by atoms with E-state index >= 15 is 0 Å². The third-order valence-corrected chi connectivity index (χ3v) is 5.94. The Morgan fingerprint density at radius 3 is 2.39 bits per heavy atom. The summed E-state index contributed by atoms with van der Waals surface area (Å²) in [5.74, 6) is 0. The van der Waals surface area contributed by atoms with Crippen molar-refractivity contribution in [1.29, 1.82) is 0 Å². The van der Waals surface area contributed by atoms with Gasteiger partial charge in [0, 0.05) is 22.9 Å². The summed E-state index contributed by atoms with van der Waals surface area (Å²) in [7, 11) is 0. The first-order chi connectivity index (χ1) is 8.56. The summed E-state index contributed by atoms with van der Waals surface area (Å²) < 4.78 is 0. The van der Waals surface area contributed by atoms with Crippen LogP contribution in [-0.2, 0) is 5.41 Å². The predicted molar refractivity (Wildman–Crippen MR) is 81.4 cm³/mol. The monoisotopic (exact) mass is 265 g/mol. The van der Waals surface area contributed by atoms with E-state index in [4.69, 9.17) is 0 Å². The molecule has 18 heavy (non-hydrogen) atoms. The van der Waals surface area contributed by atoms with Crippen molar-refractivity contribution >= 4 is 11.3 Å². The average Bonchev–Trinajstić information content (AvgIpc) is 2.82. The standard InChI is InChI=1S/C16H27NS/c1-5-15(6-2)10-16(11-15,12-17-13(3)4)14-8-7-9-18-14/h7-9,13,17H,5-6,10-12H2,1-4H3. The Morgan fingerprint density at radius 2 is 1.94 bits per heavy atom. The molecular formula is C16H27NS. The van der Waals surface area contributed by atoms with Crippen molar-refractivity contribution in [3.8, 4) is 0 Å². The molecule has 2 heteroatoms. The van der Waals surface area contributed by atoms with E-state index in [1.165, 1.54) is 25.7 Å². The van der Waals surface area contributed by atoms with Crippen LogP contribution in [0.4, 0.5) is 0 Å². The van der Waals surface area contributed by atoms with Crippen LogP contribution in [0.25, 0.3) is 0 Å². The van der Waals surface area contributed by atoms with Gasteiger partial charge in [-0.1, -0.05) is 46.6 Å². The van der Waals surface area contributed by atoms with E-state index in [0.29, 0.717) is 16.9 Å². The summed E-state index contributed by atoms with van der Waals surface area (Å²) in [6, 6.07) is 5.12. The molecule has 0 amide bonds. The molecule has 1 aromatic rings. The third kappa shape index (κ3) is 2.50. The van der Waals surface area contributed by atoms with E-state index in [9.17, 15) is 0 Å². The molecule has 0 atom stereocenters. The predicted octanol–water partition coefficient (Wildman–Crippen LogP) is 4.58. The summed E-state index contributed by atoms with van der Waals surface area (Å²) in [5.41, 5.74) is 1.03. The Kier molecular flexibility index (Phi) is 4.18. The van der Waals surface area contributed by atoms with E-state index < -0.39 is 0 Å². The highest BCUT2D eigenvalue weighted by atomic mass is 32.1. The SMILES string of the molecule is CCC1(CC)CC(CNC(C)C)(c2cccs2)C1. The van der Waals surface area contributed by atoms with Gasteiger partial charge >= 0.3 is 0 Å². The normalized spacial score (nSPS) is 20.9. The van der Waals surface area contributed by atoms with Crippen LogP contribution >= 0.6 is 11.3 Å². The summed E-state index contributed by atoms with van der Waals surface area (Å²) in [4.78, 5) is 1.59. The van der Waals surface area contributed by atoms with Crippen LogP contribution in [0.3, 0.4) is 0 Å². The lowest BCUT2D eigenvalue weighted by Gasteiger charge is -2.56. The van der Waals surface area contributed by atoms with Crippen LogP contribution in [0.15, 0.2) is 17.5 Å². The van der Waals surface area contributed by atoms with Crippen molar-refractivity contribution in [2.45, 2.75) is 64.8 Å². The number of thiophene rings is 1. The molecule has 1 fully saturated rings. The molecule has 1 heterocycles. The Bertz CT molecular complexity index is 354. The second-order valence-corrected chi connectivity index (χ2v) is 7.30. The van der Waals surface area contributed by atoms with Gasteiger partial charge in [0.05, 0.1) is 0 Å². The van der Waals surface area contributed by atoms with Gasteiger partial charge in [-0.15, -0.1) is 11.3 Å². The zero-order chi connectivity index (χ0) is 13.2. The second kappa shape index (κ2) is 5.34. The van der Waals surface area contributed by atoms with Crippen molar-refractivity contribution in [2.24, 2.45) is 5.41 Å². The van der Waals surface area contributed by atoms with Crippen LogP contribution < -0.4 is 5.32 Å². The van der Waals surface area contributed by atoms with Gasteiger partial charge in [0.15, 0.2) is 0 Å². The first kappa shape index (κ1) is 14.1. The first-order valence-electron chi connectivity index (χ1n) is 7.33. The lowest BCUT2D eigenvalue weighted by atomic mass is 9.50. The van der Waals surface area contributed by atoms with E-state index in [1.807, 2.05) is 11.3 Å². The van der Waals surface area contributed by atoms with Crippen molar-refractivity contribution < 1.29 is 0 Å². The van der Waals surface area contributed by atoms with Crippen LogP contribution in [0.1, 0.15) is 58.3 Å². The van der Waals surface area contributed by atoms with Crippen LogP contribution in [-0.4, -0.2) is 12.6 Å². The topological polar surface area (TPSA) is 12.0 Å². The molecular weight excluding hydrogens is 238 g/mol. The molecule has 1 N–H and O–H groups in total. The molecule has 1 nitrogen and oxygen atoms in total. The Morgan fingerprint density at radius 1 is 1.28 bits per heavy atom. The summed E-state index contributed by atoms with van der Waals surface area (Å²) in [6.07, 6.45) is 5.40. The molecule has 102 valence electrons. The molecule has 1 aromatic heterocycles. The van der Waals surface area contributed by atoms with Gasteiger partial charge in [-0.05, 0) is 29.7 Å². The highest BCUT2D eigenvalue weighted by Gasteiger charge is 2.53. The third-order valence-electron chi connectivity index (χ3n) is 4.82. The van der Waals surface area contributed by atoms with Gasteiger partial charge in [0.2, 0.25) is 0 Å². The van der Waals surface area contributed by atoms with E-state index in [0.717, 1.165) is 6.54 Å². The maximum Gasteiger partial charge on any atom is 0.0182 e. The highest BCUT2D eigenvalue weighted by Crippen LogP contribution is 2.59. The fourth-order valence-corrected chi connectivity index (χ4v) is 4.43. The quantitative estimate of drug-likeness (QED) is 0.793. The summed E-state index contributed by atoms with van der Waals surface area (Å²) in [6.45, 7) is 10.4. The molecule has 1 aliphatic rings. The lowest BCUT2D eigenvalue weighted by Crippen LogP contribution is -2.54. The van der Waals surface area contributed by atoms with Gasteiger partial charge in [0.25, 0.3) is 0 Å². The minimum absolute atomic E-state index is 0.421. The van der Waals surface area contributed by atoms with Crippen LogP contribution in [0.2, 0.25) is 0 Å². The zero-order valence-corrected chi connectivity index (χ0v) is 13.1. The Hall–Kier alpha value is -0.340. The fourth-order valence-electron chi connectivity index (χ4n) is 3.50. The largest absolute Gasteiger partial charge is 0.314 e. The van der Waals surface area contributed by atoms with Crippen molar-refractivity contribution in [2.75, 3.05) is 6.54 Å². The van der Waals surface area contributed by atoms with Crippen LogP contribution in [0, 0.1) is 5.41 Å².